The molecule has 2 aromatic carbocycles. The zero-order valence-electron chi connectivity index (χ0n) is 15.2. The van der Waals surface area contributed by atoms with Crippen molar-refractivity contribution in [2.24, 2.45) is 0 Å². The minimum absolute atomic E-state index is 0.0497. The van der Waals surface area contributed by atoms with E-state index in [1.807, 2.05) is 78.6 Å². The Kier molecular flexibility index (Phi) is 4.70. The zero-order valence-corrected chi connectivity index (χ0v) is 15.2. The monoisotopic (exact) mass is 359 g/mol. The highest BCUT2D eigenvalue weighted by atomic mass is 16.2. The lowest BCUT2D eigenvalue weighted by Crippen LogP contribution is -2.14. The van der Waals surface area contributed by atoms with E-state index in [2.05, 4.69) is 15.4 Å². The van der Waals surface area contributed by atoms with Gasteiger partial charge in [-0.3, -0.25) is 4.79 Å². The summed E-state index contributed by atoms with van der Waals surface area (Å²) in [4.78, 5) is 17.2. The van der Waals surface area contributed by atoms with Crippen LogP contribution in [0.25, 0.3) is 16.7 Å². The summed E-state index contributed by atoms with van der Waals surface area (Å²) in [6.07, 6.45) is 5.08. The van der Waals surface area contributed by atoms with Gasteiger partial charge in [0.25, 0.3) is 0 Å². The van der Waals surface area contributed by atoms with Crippen LogP contribution in [-0.2, 0) is 6.54 Å². The van der Waals surface area contributed by atoms with Crippen LogP contribution >= 0.6 is 0 Å². The Bertz CT molecular complexity index is 1060. The van der Waals surface area contributed by atoms with E-state index in [1.165, 1.54) is 0 Å². The van der Waals surface area contributed by atoms with E-state index in [0.717, 1.165) is 28.7 Å². The molecule has 1 N–H and O–H groups in total. The SMILES string of the molecule is CCCC(=O)n1c(NCc2cnn(-c3ccccc3)c2)nc2ccccc21. The smallest absolute Gasteiger partial charge is 0.233 e. The van der Waals surface area contributed by atoms with Crippen LogP contribution in [0.3, 0.4) is 0 Å². The van der Waals surface area contributed by atoms with Gasteiger partial charge in [-0.1, -0.05) is 37.3 Å². The van der Waals surface area contributed by atoms with Crippen molar-refractivity contribution in [3.05, 3.63) is 72.6 Å². The molecule has 6 heteroatoms. The number of carbonyl (C=O) groups excluding carboxylic acids is 1. The number of anilines is 1. The largest absolute Gasteiger partial charge is 0.351 e. The molecule has 0 fully saturated rings. The first-order valence-corrected chi connectivity index (χ1v) is 9.10. The summed E-state index contributed by atoms with van der Waals surface area (Å²) in [5.74, 6) is 0.621. The molecule has 4 aromatic rings. The summed E-state index contributed by atoms with van der Waals surface area (Å²) in [5, 5.41) is 7.71. The lowest BCUT2D eigenvalue weighted by atomic mass is 10.3. The van der Waals surface area contributed by atoms with E-state index in [0.29, 0.717) is 18.9 Å². The van der Waals surface area contributed by atoms with Crippen LogP contribution < -0.4 is 5.32 Å². The van der Waals surface area contributed by atoms with Gasteiger partial charge in [0, 0.05) is 24.7 Å². The quantitative estimate of drug-likeness (QED) is 0.558. The number of para-hydroxylation sites is 3. The van der Waals surface area contributed by atoms with Crippen LogP contribution in [0.15, 0.2) is 67.0 Å². The highest BCUT2D eigenvalue weighted by molar-refractivity contribution is 5.93. The number of nitrogens with zero attached hydrogens (tertiary/aromatic N) is 4. The molecule has 0 radical (unpaired) electrons. The molecule has 2 heterocycles. The van der Waals surface area contributed by atoms with Gasteiger partial charge in [-0.25, -0.2) is 14.2 Å². The third-order valence-corrected chi connectivity index (χ3v) is 4.38. The van der Waals surface area contributed by atoms with Crippen LogP contribution in [0.2, 0.25) is 0 Å². The molecule has 0 aliphatic carbocycles. The average Bonchev–Trinajstić information content (AvgIpc) is 3.31. The average molecular weight is 359 g/mol. The van der Waals surface area contributed by atoms with Gasteiger partial charge in [0.05, 0.1) is 22.9 Å². The van der Waals surface area contributed by atoms with E-state index in [4.69, 9.17) is 0 Å². The predicted octanol–water partition coefficient (Wildman–Crippen LogP) is 4.27. The van der Waals surface area contributed by atoms with E-state index < -0.39 is 0 Å². The fraction of sp³-hybridized carbons (Fsp3) is 0.190. The number of benzene rings is 2. The predicted molar refractivity (Wildman–Crippen MR) is 106 cm³/mol. The highest BCUT2D eigenvalue weighted by Gasteiger charge is 2.16. The molecule has 0 spiro atoms. The number of fused-ring (bicyclic) bond motifs is 1. The molecule has 2 aromatic heterocycles. The standard InChI is InChI=1S/C21H21N5O/c1-2-8-20(27)26-19-12-7-6-11-18(19)24-21(26)22-13-16-14-23-25(15-16)17-9-4-3-5-10-17/h3-7,9-12,14-15H,2,8,13H2,1H3,(H,22,24). The van der Waals surface area contributed by atoms with Crippen LogP contribution in [0.4, 0.5) is 5.95 Å². The maximum Gasteiger partial charge on any atom is 0.233 e. The van der Waals surface area contributed by atoms with Crippen LogP contribution in [0.1, 0.15) is 30.1 Å². The fourth-order valence-corrected chi connectivity index (χ4v) is 3.08. The second-order valence-corrected chi connectivity index (χ2v) is 6.39. The van der Waals surface area contributed by atoms with Gasteiger partial charge in [-0.15, -0.1) is 0 Å². The van der Waals surface area contributed by atoms with Gasteiger partial charge in [-0.2, -0.15) is 5.10 Å². The number of nitrogens with one attached hydrogen (secondary N) is 1. The molecule has 0 aliphatic rings. The van der Waals surface area contributed by atoms with Gasteiger partial charge in [0.15, 0.2) is 0 Å². The topological polar surface area (TPSA) is 64.7 Å². The molecule has 0 unspecified atom stereocenters. The molecule has 4 rings (SSSR count). The van der Waals surface area contributed by atoms with Gasteiger partial charge < -0.3 is 5.32 Å². The number of carbonyl (C=O) groups is 1. The molecular weight excluding hydrogens is 338 g/mol. The third-order valence-electron chi connectivity index (χ3n) is 4.38. The number of imidazole rings is 1. The van der Waals surface area contributed by atoms with Crippen LogP contribution in [0.5, 0.6) is 0 Å². The first-order valence-electron chi connectivity index (χ1n) is 9.10. The fourth-order valence-electron chi connectivity index (χ4n) is 3.08. The van der Waals surface area contributed by atoms with E-state index >= 15 is 0 Å². The van der Waals surface area contributed by atoms with Crippen molar-refractivity contribution in [1.82, 2.24) is 19.3 Å². The van der Waals surface area contributed by atoms with Crippen molar-refractivity contribution >= 4 is 22.9 Å². The van der Waals surface area contributed by atoms with Gasteiger partial charge in [0.1, 0.15) is 0 Å². The summed E-state index contributed by atoms with van der Waals surface area (Å²) < 4.78 is 3.52. The molecule has 0 bridgehead atoms. The Balaban J connectivity index is 1.58. The van der Waals surface area contributed by atoms with Crippen molar-refractivity contribution in [3.63, 3.8) is 0 Å². The van der Waals surface area contributed by atoms with E-state index in [9.17, 15) is 4.79 Å². The van der Waals surface area contributed by atoms with Crippen LogP contribution in [0, 0.1) is 0 Å². The van der Waals surface area contributed by atoms with Crippen LogP contribution in [-0.4, -0.2) is 25.2 Å². The van der Waals surface area contributed by atoms with E-state index in [-0.39, 0.29) is 5.91 Å². The molecule has 6 nitrogen and oxygen atoms in total. The first-order chi connectivity index (χ1) is 13.3. The minimum Gasteiger partial charge on any atom is -0.351 e. The summed E-state index contributed by atoms with van der Waals surface area (Å²) in [6.45, 7) is 2.54. The molecule has 0 saturated carbocycles. The molecule has 0 saturated heterocycles. The first kappa shape index (κ1) is 17.0. The maximum absolute atomic E-state index is 12.6. The summed E-state index contributed by atoms with van der Waals surface area (Å²) in [6, 6.07) is 17.7. The molecule has 0 aliphatic heterocycles. The molecule has 0 amide bonds. The second kappa shape index (κ2) is 7.45. The lowest BCUT2D eigenvalue weighted by molar-refractivity contribution is 0.0909. The third kappa shape index (κ3) is 3.46. The van der Waals surface area contributed by atoms with Crippen molar-refractivity contribution in [3.8, 4) is 5.69 Å². The normalized spacial score (nSPS) is 11.0. The number of rotatable bonds is 6. The molecule has 0 atom stereocenters. The second-order valence-electron chi connectivity index (χ2n) is 6.39. The van der Waals surface area contributed by atoms with Gasteiger partial charge in [-0.05, 0) is 30.7 Å². The Morgan fingerprint density at radius 2 is 1.85 bits per heavy atom. The number of aromatic nitrogens is 4. The molecule has 136 valence electrons. The lowest BCUT2D eigenvalue weighted by Gasteiger charge is -2.08. The van der Waals surface area contributed by atoms with E-state index in [1.54, 1.807) is 4.57 Å². The van der Waals surface area contributed by atoms with Crippen molar-refractivity contribution in [2.75, 3.05) is 5.32 Å². The maximum atomic E-state index is 12.6. The number of hydrogen-bond acceptors (Lipinski definition) is 4. The molecule has 27 heavy (non-hydrogen) atoms. The Morgan fingerprint density at radius 3 is 2.67 bits per heavy atom. The number of hydrogen-bond donors (Lipinski definition) is 1. The molecular formula is C21H21N5O. The van der Waals surface area contributed by atoms with Crippen molar-refractivity contribution in [1.29, 1.82) is 0 Å². The van der Waals surface area contributed by atoms with Crippen molar-refractivity contribution < 1.29 is 4.79 Å². The summed E-state index contributed by atoms with van der Waals surface area (Å²) in [7, 11) is 0. The Morgan fingerprint density at radius 1 is 1.07 bits per heavy atom. The minimum atomic E-state index is 0.0497. The highest BCUT2D eigenvalue weighted by Crippen LogP contribution is 2.21. The Labute approximate surface area is 157 Å². The Hall–Kier alpha value is -3.41. The zero-order chi connectivity index (χ0) is 18.6. The van der Waals surface area contributed by atoms with Crippen molar-refractivity contribution in [2.45, 2.75) is 26.3 Å². The van der Waals surface area contributed by atoms with Gasteiger partial charge in [0.2, 0.25) is 11.9 Å². The summed E-state index contributed by atoms with van der Waals surface area (Å²) >= 11 is 0. The van der Waals surface area contributed by atoms with Gasteiger partial charge >= 0.3 is 0 Å². The summed E-state index contributed by atoms with van der Waals surface area (Å²) in [5.41, 5.74) is 3.66.